The SMILES string of the molecule is CC(C)(C)OC(=O)N1CC[C@H](S(=O)(=O)c2ccc([N+](=O)[O-])cn2)C1. The van der Waals surface area contributed by atoms with E-state index >= 15 is 0 Å². The Morgan fingerprint density at radius 3 is 2.58 bits per heavy atom. The lowest BCUT2D eigenvalue weighted by molar-refractivity contribution is -0.385. The smallest absolute Gasteiger partial charge is 0.410 e. The van der Waals surface area contributed by atoms with Gasteiger partial charge in [0.15, 0.2) is 14.9 Å². The molecular formula is C14H19N3O6S. The lowest BCUT2D eigenvalue weighted by Gasteiger charge is -2.24. The number of sulfone groups is 1. The lowest BCUT2D eigenvalue weighted by Crippen LogP contribution is -2.36. The molecule has 0 radical (unpaired) electrons. The van der Waals surface area contributed by atoms with Gasteiger partial charge in [0.25, 0.3) is 5.69 Å². The average Bonchev–Trinajstić information content (AvgIpc) is 2.96. The highest BCUT2D eigenvalue weighted by Crippen LogP contribution is 2.25. The van der Waals surface area contributed by atoms with E-state index in [0.29, 0.717) is 0 Å². The summed E-state index contributed by atoms with van der Waals surface area (Å²) < 4.78 is 30.3. The van der Waals surface area contributed by atoms with Crippen molar-refractivity contribution in [3.8, 4) is 0 Å². The molecule has 1 saturated heterocycles. The van der Waals surface area contributed by atoms with E-state index < -0.39 is 31.7 Å². The quantitative estimate of drug-likeness (QED) is 0.597. The summed E-state index contributed by atoms with van der Waals surface area (Å²) in [4.78, 5) is 27.0. The van der Waals surface area contributed by atoms with Crippen molar-refractivity contribution in [1.82, 2.24) is 9.88 Å². The van der Waals surface area contributed by atoms with Crippen molar-refractivity contribution >= 4 is 21.6 Å². The number of nitrogens with zero attached hydrogens (tertiary/aromatic N) is 3. The third-order valence-electron chi connectivity index (χ3n) is 3.46. The van der Waals surface area contributed by atoms with Gasteiger partial charge >= 0.3 is 6.09 Å². The zero-order valence-corrected chi connectivity index (χ0v) is 14.4. The largest absolute Gasteiger partial charge is 0.444 e. The van der Waals surface area contributed by atoms with Crippen molar-refractivity contribution in [2.75, 3.05) is 13.1 Å². The van der Waals surface area contributed by atoms with Crippen LogP contribution in [0.5, 0.6) is 0 Å². The van der Waals surface area contributed by atoms with Crippen LogP contribution in [0.15, 0.2) is 23.4 Å². The van der Waals surface area contributed by atoms with Gasteiger partial charge in [-0.15, -0.1) is 0 Å². The van der Waals surface area contributed by atoms with Crippen molar-refractivity contribution in [3.63, 3.8) is 0 Å². The highest BCUT2D eigenvalue weighted by atomic mass is 32.2. The maximum Gasteiger partial charge on any atom is 0.410 e. The molecule has 0 aromatic carbocycles. The standard InChI is InChI=1S/C14H19N3O6S/c1-14(2,3)23-13(18)16-7-6-11(9-16)24(21,22)12-5-4-10(8-15-12)17(19)20/h4-5,8,11H,6-7,9H2,1-3H3/t11-/m0/s1. The van der Waals surface area contributed by atoms with Gasteiger partial charge in [-0.05, 0) is 33.3 Å². The highest BCUT2D eigenvalue weighted by Gasteiger charge is 2.38. The summed E-state index contributed by atoms with van der Waals surface area (Å²) in [6.07, 6.45) is 0.616. The van der Waals surface area contributed by atoms with E-state index in [1.807, 2.05) is 0 Å². The van der Waals surface area contributed by atoms with Crippen LogP contribution in [-0.4, -0.2) is 53.3 Å². The zero-order chi connectivity index (χ0) is 18.1. The summed E-state index contributed by atoms with van der Waals surface area (Å²) >= 11 is 0. The van der Waals surface area contributed by atoms with Gasteiger partial charge < -0.3 is 9.64 Å². The molecule has 0 saturated carbocycles. The second-order valence-electron chi connectivity index (χ2n) is 6.49. The molecule has 1 aliphatic heterocycles. The molecule has 132 valence electrons. The van der Waals surface area contributed by atoms with Crippen LogP contribution in [0.4, 0.5) is 10.5 Å². The predicted octanol–water partition coefficient (Wildman–Crippen LogP) is 1.77. The third-order valence-corrected chi connectivity index (χ3v) is 5.55. The molecule has 2 heterocycles. The highest BCUT2D eigenvalue weighted by molar-refractivity contribution is 7.92. The normalized spacial score (nSPS) is 18.5. The Balaban J connectivity index is 2.11. The van der Waals surface area contributed by atoms with E-state index in [1.165, 1.54) is 4.90 Å². The number of pyridine rings is 1. The number of carbonyl (C=O) groups is 1. The van der Waals surface area contributed by atoms with Crippen LogP contribution >= 0.6 is 0 Å². The monoisotopic (exact) mass is 357 g/mol. The molecule has 1 fully saturated rings. The molecule has 0 N–H and O–H groups in total. The van der Waals surface area contributed by atoms with E-state index in [0.717, 1.165) is 18.3 Å². The Labute approximate surface area is 139 Å². The first-order valence-electron chi connectivity index (χ1n) is 7.33. The predicted molar refractivity (Wildman–Crippen MR) is 84.3 cm³/mol. The molecule has 2 rings (SSSR count). The number of rotatable bonds is 3. The van der Waals surface area contributed by atoms with E-state index in [9.17, 15) is 23.3 Å². The number of likely N-dealkylation sites (tertiary alicyclic amines) is 1. The molecule has 1 atom stereocenters. The average molecular weight is 357 g/mol. The zero-order valence-electron chi connectivity index (χ0n) is 13.6. The number of ether oxygens (including phenoxy) is 1. The number of hydrogen-bond acceptors (Lipinski definition) is 7. The van der Waals surface area contributed by atoms with Gasteiger partial charge in [0.1, 0.15) is 11.8 Å². The Morgan fingerprint density at radius 1 is 1.42 bits per heavy atom. The van der Waals surface area contributed by atoms with E-state index in [1.54, 1.807) is 20.8 Å². The first-order valence-corrected chi connectivity index (χ1v) is 8.87. The number of hydrogen-bond donors (Lipinski definition) is 0. The molecule has 1 aliphatic rings. The van der Waals surface area contributed by atoms with Crippen LogP contribution in [0.3, 0.4) is 0 Å². The number of amides is 1. The third kappa shape index (κ3) is 3.99. The number of nitro groups is 1. The second kappa shape index (κ2) is 6.34. The molecule has 24 heavy (non-hydrogen) atoms. The van der Waals surface area contributed by atoms with Gasteiger partial charge in [0.05, 0.1) is 10.2 Å². The van der Waals surface area contributed by atoms with Crippen LogP contribution in [-0.2, 0) is 14.6 Å². The fraction of sp³-hybridized carbons (Fsp3) is 0.571. The van der Waals surface area contributed by atoms with E-state index in [4.69, 9.17) is 4.74 Å². The van der Waals surface area contributed by atoms with Gasteiger partial charge in [-0.3, -0.25) is 10.1 Å². The molecule has 1 amide bonds. The Morgan fingerprint density at radius 2 is 2.08 bits per heavy atom. The minimum atomic E-state index is -3.77. The first-order chi connectivity index (χ1) is 11.0. The van der Waals surface area contributed by atoms with Gasteiger partial charge in [-0.2, -0.15) is 0 Å². The molecule has 0 aliphatic carbocycles. The molecule has 10 heteroatoms. The number of aromatic nitrogens is 1. The molecule has 1 aromatic rings. The van der Waals surface area contributed by atoms with Crippen molar-refractivity contribution in [2.45, 2.75) is 43.1 Å². The molecule has 0 unspecified atom stereocenters. The second-order valence-corrected chi connectivity index (χ2v) is 8.67. The fourth-order valence-corrected chi connectivity index (χ4v) is 3.88. The molecule has 9 nitrogen and oxygen atoms in total. The van der Waals surface area contributed by atoms with E-state index in [2.05, 4.69) is 4.98 Å². The molecule has 1 aromatic heterocycles. The van der Waals surface area contributed by atoms with Gasteiger partial charge in [-0.1, -0.05) is 0 Å². The van der Waals surface area contributed by atoms with Crippen LogP contribution < -0.4 is 0 Å². The lowest BCUT2D eigenvalue weighted by atomic mass is 10.2. The topological polar surface area (TPSA) is 120 Å². The van der Waals surface area contributed by atoms with E-state index in [-0.39, 0.29) is 30.2 Å². The number of carbonyl (C=O) groups excluding carboxylic acids is 1. The minimum absolute atomic E-state index is 0.00984. The van der Waals surface area contributed by atoms with Gasteiger partial charge in [-0.25, -0.2) is 18.2 Å². The van der Waals surface area contributed by atoms with Crippen LogP contribution in [0.25, 0.3) is 0 Å². The minimum Gasteiger partial charge on any atom is -0.444 e. The summed E-state index contributed by atoms with van der Waals surface area (Å²) in [5.74, 6) is 0. The van der Waals surface area contributed by atoms with Crippen molar-refractivity contribution in [3.05, 3.63) is 28.4 Å². The summed E-state index contributed by atoms with van der Waals surface area (Å²) in [5.41, 5.74) is -0.940. The Kier molecular flexibility index (Phi) is 4.79. The maximum absolute atomic E-state index is 12.6. The van der Waals surface area contributed by atoms with Crippen molar-refractivity contribution in [1.29, 1.82) is 0 Å². The summed E-state index contributed by atoms with van der Waals surface area (Å²) in [5, 5.41) is 9.57. The molecule has 0 bridgehead atoms. The van der Waals surface area contributed by atoms with Crippen LogP contribution in [0.2, 0.25) is 0 Å². The Bertz CT molecular complexity index is 739. The van der Waals surface area contributed by atoms with Gasteiger partial charge in [0, 0.05) is 19.2 Å². The molecule has 0 spiro atoms. The van der Waals surface area contributed by atoms with Crippen molar-refractivity contribution in [2.24, 2.45) is 0 Å². The van der Waals surface area contributed by atoms with Gasteiger partial charge in [0.2, 0.25) is 0 Å². The van der Waals surface area contributed by atoms with Crippen LogP contribution in [0, 0.1) is 10.1 Å². The van der Waals surface area contributed by atoms with Crippen LogP contribution in [0.1, 0.15) is 27.2 Å². The summed E-state index contributed by atoms with van der Waals surface area (Å²) in [6.45, 7) is 5.48. The fourth-order valence-electron chi connectivity index (χ4n) is 2.29. The molecular weight excluding hydrogens is 338 g/mol. The maximum atomic E-state index is 12.6. The first kappa shape index (κ1) is 18.1. The van der Waals surface area contributed by atoms with Crippen molar-refractivity contribution < 1.29 is 22.9 Å². The Hall–Kier alpha value is -2.23. The summed E-state index contributed by atoms with van der Waals surface area (Å²) in [6, 6.07) is 2.21. The summed E-state index contributed by atoms with van der Waals surface area (Å²) in [7, 11) is -3.77.